The van der Waals surface area contributed by atoms with Gasteiger partial charge in [0.25, 0.3) is 5.91 Å². The van der Waals surface area contributed by atoms with Crippen LogP contribution in [-0.2, 0) is 4.79 Å². The summed E-state index contributed by atoms with van der Waals surface area (Å²) < 4.78 is 1.40. The number of carboxylic acids is 1. The highest BCUT2D eigenvalue weighted by Crippen LogP contribution is 2.32. The molecule has 0 atom stereocenters. The Kier molecular flexibility index (Phi) is 4.76. The van der Waals surface area contributed by atoms with Crippen LogP contribution in [0.4, 0.5) is 0 Å². The molecule has 1 aliphatic carbocycles. The van der Waals surface area contributed by atoms with Gasteiger partial charge in [0.15, 0.2) is 5.69 Å². The zero-order valence-electron chi connectivity index (χ0n) is 13.8. The molecule has 0 radical (unpaired) electrons. The summed E-state index contributed by atoms with van der Waals surface area (Å²) in [6.07, 6.45) is 3.79. The van der Waals surface area contributed by atoms with Gasteiger partial charge in [0.2, 0.25) is 0 Å². The molecule has 1 aromatic carbocycles. The van der Waals surface area contributed by atoms with Gasteiger partial charge >= 0.3 is 5.97 Å². The Bertz CT molecular complexity index is 797. The molecule has 1 aliphatic rings. The topological polar surface area (TPSA) is 97.1 Å². The third-order valence-corrected chi connectivity index (χ3v) is 5.03. The lowest BCUT2D eigenvalue weighted by Gasteiger charge is -2.36. The van der Waals surface area contributed by atoms with Crippen LogP contribution >= 0.6 is 11.6 Å². The van der Waals surface area contributed by atoms with Crippen molar-refractivity contribution in [3.8, 4) is 5.69 Å². The number of nitrogens with one attached hydrogen (secondary N) is 1. The number of hydrogen-bond donors (Lipinski definition) is 2. The second-order valence-electron chi connectivity index (χ2n) is 6.52. The summed E-state index contributed by atoms with van der Waals surface area (Å²) in [6.45, 7) is 2.09. The van der Waals surface area contributed by atoms with Gasteiger partial charge in [-0.25, -0.2) is 9.48 Å². The van der Waals surface area contributed by atoms with Gasteiger partial charge in [0, 0.05) is 0 Å². The summed E-state index contributed by atoms with van der Waals surface area (Å²) in [5.74, 6) is -1.09. The molecule has 0 unspecified atom stereocenters. The van der Waals surface area contributed by atoms with Crippen molar-refractivity contribution in [2.75, 3.05) is 0 Å². The highest BCUT2D eigenvalue weighted by Gasteiger charge is 2.43. The predicted octanol–water partition coefficient (Wildman–Crippen LogP) is 2.68. The quantitative estimate of drug-likeness (QED) is 0.871. The molecule has 8 heteroatoms. The van der Waals surface area contributed by atoms with E-state index < -0.39 is 17.4 Å². The maximum absolute atomic E-state index is 12.5. The highest BCUT2D eigenvalue weighted by atomic mass is 35.5. The number of carbonyl (C=O) groups excluding carboxylic acids is 1. The molecule has 2 aromatic rings. The van der Waals surface area contributed by atoms with Gasteiger partial charge in [0.1, 0.15) is 5.54 Å². The third kappa shape index (κ3) is 3.51. The van der Waals surface area contributed by atoms with E-state index in [1.165, 1.54) is 10.9 Å². The number of amides is 1. The first-order valence-corrected chi connectivity index (χ1v) is 8.52. The average Bonchev–Trinajstić information content (AvgIpc) is 3.07. The number of hydrogen-bond acceptors (Lipinski definition) is 4. The van der Waals surface area contributed by atoms with Crippen LogP contribution in [0.3, 0.4) is 0 Å². The molecule has 1 saturated carbocycles. The van der Waals surface area contributed by atoms with E-state index in [1.807, 2.05) is 0 Å². The van der Waals surface area contributed by atoms with Crippen LogP contribution in [-0.4, -0.2) is 37.5 Å². The number of para-hydroxylation sites is 1. The Labute approximate surface area is 150 Å². The lowest BCUT2D eigenvalue weighted by molar-refractivity contribution is -0.146. The normalized spacial score (nSPS) is 23.2. The van der Waals surface area contributed by atoms with Gasteiger partial charge in [-0.15, -0.1) is 5.10 Å². The molecular formula is C17H19ClN4O3. The van der Waals surface area contributed by atoms with Crippen LogP contribution in [0.2, 0.25) is 5.02 Å². The van der Waals surface area contributed by atoms with Gasteiger partial charge in [-0.1, -0.05) is 35.9 Å². The van der Waals surface area contributed by atoms with Crippen LogP contribution in [0.15, 0.2) is 30.5 Å². The number of nitrogens with zero attached hydrogens (tertiary/aromatic N) is 3. The molecule has 1 heterocycles. The van der Waals surface area contributed by atoms with Crippen molar-refractivity contribution < 1.29 is 14.7 Å². The number of halogens is 1. The minimum atomic E-state index is -1.24. The molecule has 0 aliphatic heterocycles. The van der Waals surface area contributed by atoms with Crippen molar-refractivity contribution in [2.24, 2.45) is 5.92 Å². The largest absolute Gasteiger partial charge is 0.480 e. The van der Waals surface area contributed by atoms with Crippen molar-refractivity contribution in [1.29, 1.82) is 0 Å². The fraction of sp³-hybridized carbons (Fsp3) is 0.412. The van der Waals surface area contributed by atoms with E-state index in [1.54, 1.807) is 24.3 Å². The molecule has 2 N–H and O–H groups in total. The smallest absolute Gasteiger partial charge is 0.329 e. The third-order valence-electron chi connectivity index (χ3n) is 4.72. The predicted molar refractivity (Wildman–Crippen MR) is 91.8 cm³/mol. The number of carbonyl (C=O) groups is 2. The Morgan fingerprint density at radius 3 is 2.64 bits per heavy atom. The maximum Gasteiger partial charge on any atom is 0.329 e. The van der Waals surface area contributed by atoms with E-state index in [-0.39, 0.29) is 5.69 Å². The summed E-state index contributed by atoms with van der Waals surface area (Å²) in [5.41, 5.74) is -0.591. The molecule has 132 valence electrons. The van der Waals surface area contributed by atoms with E-state index >= 15 is 0 Å². The zero-order valence-corrected chi connectivity index (χ0v) is 14.5. The molecule has 3 rings (SSSR count). The van der Waals surface area contributed by atoms with Crippen molar-refractivity contribution in [1.82, 2.24) is 20.3 Å². The summed E-state index contributed by atoms with van der Waals surface area (Å²) in [5, 5.41) is 20.5. The molecular weight excluding hydrogens is 344 g/mol. The Morgan fingerprint density at radius 1 is 1.32 bits per heavy atom. The Morgan fingerprint density at radius 2 is 2.00 bits per heavy atom. The fourth-order valence-electron chi connectivity index (χ4n) is 3.05. The second-order valence-corrected chi connectivity index (χ2v) is 6.93. The zero-order chi connectivity index (χ0) is 18.0. The highest BCUT2D eigenvalue weighted by molar-refractivity contribution is 6.32. The second kappa shape index (κ2) is 6.84. The molecule has 0 bridgehead atoms. The van der Waals surface area contributed by atoms with Crippen LogP contribution in [0.5, 0.6) is 0 Å². The minimum absolute atomic E-state index is 0.0548. The number of aromatic nitrogens is 3. The van der Waals surface area contributed by atoms with Gasteiger partial charge in [-0.05, 0) is 43.7 Å². The van der Waals surface area contributed by atoms with Crippen molar-refractivity contribution in [3.63, 3.8) is 0 Å². The molecule has 25 heavy (non-hydrogen) atoms. The lowest BCUT2D eigenvalue weighted by Crippen LogP contribution is -2.56. The van der Waals surface area contributed by atoms with E-state index in [9.17, 15) is 14.7 Å². The Hall–Kier alpha value is -2.41. The first-order valence-electron chi connectivity index (χ1n) is 8.14. The molecule has 1 amide bonds. The standard InChI is InChI=1S/C17H19ClN4O3/c1-11-6-8-17(9-7-11,16(24)25)19-15(23)13-10-22(21-20-13)14-5-3-2-4-12(14)18/h2-5,10-11H,6-9H2,1H3,(H,19,23)(H,24,25). The monoisotopic (exact) mass is 362 g/mol. The lowest BCUT2D eigenvalue weighted by atomic mass is 9.77. The summed E-state index contributed by atoms with van der Waals surface area (Å²) in [4.78, 5) is 24.3. The van der Waals surface area contributed by atoms with Gasteiger partial charge < -0.3 is 10.4 Å². The van der Waals surface area contributed by atoms with Crippen LogP contribution in [0.25, 0.3) is 5.69 Å². The summed E-state index contributed by atoms with van der Waals surface area (Å²) in [6, 6.07) is 7.04. The molecule has 1 aromatic heterocycles. The molecule has 0 saturated heterocycles. The SMILES string of the molecule is CC1CCC(NC(=O)c2cn(-c3ccccc3Cl)nn2)(C(=O)O)CC1. The summed E-state index contributed by atoms with van der Waals surface area (Å²) in [7, 11) is 0. The van der Waals surface area contributed by atoms with Crippen molar-refractivity contribution >= 4 is 23.5 Å². The molecule has 1 fully saturated rings. The molecule has 7 nitrogen and oxygen atoms in total. The Balaban J connectivity index is 1.80. The van der Waals surface area contributed by atoms with Gasteiger partial charge in [0.05, 0.1) is 16.9 Å². The summed E-state index contributed by atoms with van der Waals surface area (Å²) >= 11 is 6.11. The average molecular weight is 363 g/mol. The van der Waals surface area contributed by atoms with Crippen molar-refractivity contribution in [3.05, 3.63) is 41.2 Å². The first-order chi connectivity index (χ1) is 11.9. The maximum atomic E-state index is 12.5. The van der Waals surface area contributed by atoms with E-state index in [2.05, 4.69) is 22.6 Å². The minimum Gasteiger partial charge on any atom is -0.480 e. The van der Waals surface area contributed by atoms with E-state index in [0.29, 0.717) is 29.5 Å². The molecule has 0 spiro atoms. The fourth-order valence-corrected chi connectivity index (χ4v) is 3.27. The number of rotatable bonds is 4. The van der Waals surface area contributed by atoms with Crippen LogP contribution in [0.1, 0.15) is 43.1 Å². The van der Waals surface area contributed by atoms with Gasteiger partial charge in [-0.3, -0.25) is 4.79 Å². The van der Waals surface area contributed by atoms with E-state index in [4.69, 9.17) is 11.6 Å². The van der Waals surface area contributed by atoms with Crippen LogP contribution < -0.4 is 5.32 Å². The van der Waals surface area contributed by atoms with Gasteiger partial charge in [-0.2, -0.15) is 0 Å². The van der Waals surface area contributed by atoms with Crippen LogP contribution in [0, 0.1) is 5.92 Å². The first kappa shape index (κ1) is 17.4. The number of carboxylic acid groups (broad SMARTS) is 1. The van der Waals surface area contributed by atoms with E-state index in [0.717, 1.165) is 12.8 Å². The number of aliphatic carboxylic acids is 1. The number of benzene rings is 1. The van der Waals surface area contributed by atoms with Crippen molar-refractivity contribution in [2.45, 2.75) is 38.1 Å².